The highest BCUT2D eigenvalue weighted by atomic mass is 32.2. The molecule has 2 bridgehead atoms. The van der Waals surface area contributed by atoms with E-state index in [0.717, 1.165) is 12.1 Å². The molecule has 1 aromatic heterocycles. The Labute approximate surface area is 239 Å². The maximum atomic E-state index is 13.6. The molecule has 0 saturated carbocycles. The lowest BCUT2D eigenvalue weighted by molar-refractivity contribution is 0.102. The van der Waals surface area contributed by atoms with Crippen molar-refractivity contribution in [3.63, 3.8) is 0 Å². The van der Waals surface area contributed by atoms with Gasteiger partial charge in [-0.25, -0.2) is 8.42 Å². The number of aromatic nitrogens is 1. The van der Waals surface area contributed by atoms with Crippen LogP contribution in [0.3, 0.4) is 0 Å². The molecule has 0 aliphatic carbocycles. The molecule has 0 radical (unpaired) electrons. The molecule has 1 saturated heterocycles. The molecule has 2 atom stereocenters. The molecule has 2 aliphatic heterocycles. The van der Waals surface area contributed by atoms with Crippen molar-refractivity contribution in [1.29, 1.82) is 0 Å². The third-order valence-electron chi connectivity index (χ3n) is 7.37. The number of hydrogen-bond donors (Lipinski definition) is 1. The molecular formula is C30H35N3O7S. The van der Waals surface area contributed by atoms with Crippen LogP contribution in [0.4, 0.5) is 5.69 Å². The van der Waals surface area contributed by atoms with Gasteiger partial charge in [0.15, 0.2) is 11.5 Å². The van der Waals surface area contributed by atoms with Crippen molar-refractivity contribution in [2.45, 2.75) is 44.6 Å². The van der Waals surface area contributed by atoms with Gasteiger partial charge in [-0.1, -0.05) is 6.07 Å². The molecule has 41 heavy (non-hydrogen) atoms. The molecular weight excluding hydrogens is 546 g/mol. The minimum atomic E-state index is -3.76. The van der Waals surface area contributed by atoms with Gasteiger partial charge < -0.3 is 24.1 Å². The first-order chi connectivity index (χ1) is 19.7. The number of sulfonamides is 1. The summed E-state index contributed by atoms with van der Waals surface area (Å²) in [5.74, 6) is 0.911. The van der Waals surface area contributed by atoms with Crippen LogP contribution < -0.4 is 25.1 Å². The van der Waals surface area contributed by atoms with Gasteiger partial charge in [-0.3, -0.25) is 9.59 Å². The fourth-order valence-electron chi connectivity index (χ4n) is 5.63. The van der Waals surface area contributed by atoms with Crippen LogP contribution in [0.1, 0.15) is 49.2 Å². The van der Waals surface area contributed by atoms with Crippen molar-refractivity contribution in [3.05, 3.63) is 76.2 Å². The molecule has 5 rings (SSSR count). The second-order valence-corrected chi connectivity index (χ2v) is 12.0. The highest BCUT2D eigenvalue weighted by Crippen LogP contribution is 2.40. The van der Waals surface area contributed by atoms with Crippen molar-refractivity contribution in [2.75, 3.05) is 38.2 Å². The predicted molar refractivity (Wildman–Crippen MR) is 155 cm³/mol. The zero-order valence-corrected chi connectivity index (χ0v) is 24.3. The molecule has 10 nitrogen and oxygen atoms in total. The van der Waals surface area contributed by atoms with E-state index >= 15 is 0 Å². The summed E-state index contributed by atoms with van der Waals surface area (Å²) in [6.45, 7) is 7.92. The third-order valence-corrected chi connectivity index (χ3v) is 9.21. The number of hydrogen-bond acceptors (Lipinski definition) is 7. The maximum Gasteiger partial charge on any atom is 0.255 e. The van der Waals surface area contributed by atoms with E-state index in [0.29, 0.717) is 68.0 Å². The summed E-state index contributed by atoms with van der Waals surface area (Å²) in [5, 5.41) is 2.82. The summed E-state index contributed by atoms with van der Waals surface area (Å²) < 4.78 is 47.6. The van der Waals surface area contributed by atoms with Gasteiger partial charge in [-0.05, 0) is 75.6 Å². The van der Waals surface area contributed by atoms with Gasteiger partial charge in [0.25, 0.3) is 11.5 Å². The SMILES string of the molecule is CCOc1cc(C(=O)Nc2ccc(S(=O)(=O)N3CC4CC(C3)c3cccc(=O)n3C4)cc2)cc(OCC)c1OCC. The van der Waals surface area contributed by atoms with Crippen LogP contribution >= 0.6 is 0 Å². The molecule has 11 heteroatoms. The van der Waals surface area contributed by atoms with E-state index in [1.165, 1.54) is 16.4 Å². The standard InChI is InChI=1S/C30H35N3O7S/c1-4-38-26-15-21(16-27(39-5-2)29(26)40-6-3)30(35)31-23-10-12-24(13-11-23)41(36,37)32-17-20-14-22(19-32)25-8-7-9-28(34)33(25)18-20/h7-13,15-16,20,22H,4-6,14,17-19H2,1-3H3,(H,31,35). The number of nitrogens with zero attached hydrogens (tertiary/aromatic N) is 2. The van der Waals surface area contributed by atoms with Crippen LogP contribution in [0.2, 0.25) is 0 Å². The second-order valence-electron chi connectivity index (χ2n) is 10.1. The summed E-state index contributed by atoms with van der Waals surface area (Å²) >= 11 is 0. The molecule has 3 heterocycles. The number of anilines is 1. The van der Waals surface area contributed by atoms with Gasteiger partial charge >= 0.3 is 0 Å². The Bertz CT molecular complexity index is 1560. The monoisotopic (exact) mass is 581 g/mol. The van der Waals surface area contributed by atoms with E-state index in [9.17, 15) is 18.0 Å². The van der Waals surface area contributed by atoms with Crippen molar-refractivity contribution >= 4 is 21.6 Å². The number of nitrogens with one attached hydrogen (secondary N) is 1. The molecule has 2 aromatic carbocycles. The number of ether oxygens (including phenoxy) is 3. The van der Waals surface area contributed by atoms with E-state index in [4.69, 9.17) is 14.2 Å². The average Bonchev–Trinajstić information content (AvgIpc) is 2.95. The summed E-state index contributed by atoms with van der Waals surface area (Å²) in [7, 11) is -3.76. The predicted octanol–water partition coefficient (Wildman–Crippen LogP) is 4.10. The van der Waals surface area contributed by atoms with Gasteiger partial charge in [-0.2, -0.15) is 4.31 Å². The molecule has 1 fully saturated rings. The second kappa shape index (κ2) is 12.0. The van der Waals surface area contributed by atoms with Crippen LogP contribution in [-0.4, -0.2) is 56.1 Å². The first-order valence-electron chi connectivity index (χ1n) is 13.9. The smallest absolute Gasteiger partial charge is 0.255 e. The Morgan fingerprint density at radius 3 is 2.20 bits per heavy atom. The topological polar surface area (TPSA) is 116 Å². The Kier molecular flexibility index (Phi) is 8.37. The number of rotatable bonds is 10. The van der Waals surface area contributed by atoms with Crippen molar-refractivity contribution in [1.82, 2.24) is 8.87 Å². The molecule has 2 unspecified atom stereocenters. The van der Waals surface area contributed by atoms with Crippen molar-refractivity contribution in [2.24, 2.45) is 5.92 Å². The van der Waals surface area contributed by atoms with Crippen LogP contribution in [0, 0.1) is 5.92 Å². The fraction of sp³-hybridized carbons (Fsp3) is 0.400. The Hall–Kier alpha value is -3.83. The normalized spacial score (nSPS) is 18.3. The number of benzene rings is 2. The van der Waals surface area contributed by atoms with E-state index in [-0.39, 0.29) is 22.3 Å². The lowest BCUT2D eigenvalue weighted by atomic mass is 9.84. The number of carbonyl (C=O) groups excluding carboxylic acids is 1. The van der Waals surface area contributed by atoms with E-state index in [2.05, 4.69) is 5.32 Å². The van der Waals surface area contributed by atoms with Crippen molar-refractivity contribution in [3.8, 4) is 17.2 Å². The zero-order chi connectivity index (χ0) is 29.1. The molecule has 3 aromatic rings. The Balaban J connectivity index is 1.33. The van der Waals surface area contributed by atoms with Crippen LogP contribution in [0.25, 0.3) is 0 Å². The fourth-order valence-corrected chi connectivity index (χ4v) is 7.19. The van der Waals surface area contributed by atoms with E-state index in [1.807, 2.05) is 26.8 Å². The highest BCUT2D eigenvalue weighted by Gasteiger charge is 2.39. The minimum absolute atomic E-state index is 0.0259. The van der Waals surface area contributed by atoms with Crippen LogP contribution in [-0.2, 0) is 16.6 Å². The summed E-state index contributed by atoms with van der Waals surface area (Å²) in [6, 6.07) is 14.6. The third kappa shape index (κ3) is 5.82. The van der Waals surface area contributed by atoms with Crippen LogP contribution in [0.15, 0.2) is 64.3 Å². The molecule has 1 N–H and O–H groups in total. The maximum absolute atomic E-state index is 13.6. The molecule has 0 spiro atoms. The van der Waals surface area contributed by atoms with Gasteiger partial charge in [0.05, 0.1) is 24.7 Å². The number of piperidine rings is 1. The van der Waals surface area contributed by atoms with Crippen molar-refractivity contribution < 1.29 is 27.4 Å². The average molecular weight is 582 g/mol. The zero-order valence-electron chi connectivity index (χ0n) is 23.5. The van der Waals surface area contributed by atoms with Gasteiger partial charge in [0.1, 0.15) is 0 Å². The Morgan fingerprint density at radius 2 is 1.56 bits per heavy atom. The summed E-state index contributed by atoms with van der Waals surface area (Å²) in [6.07, 6.45) is 0.863. The van der Waals surface area contributed by atoms with Gasteiger partial charge in [0.2, 0.25) is 15.8 Å². The minimum Gasteiger partial charge on any atom is -0.490 e. The van der Waals surface area contributed by atoms with E-state index < -0.39 is 15.9 Å². The first-order valence-corrected chi connectivity index (χ1v) is 15.4. The number of carbonyl (C=O) groups is 1. The lowest BCUT2D eigenvalue weighted by Crippen LogP contribution is -2.48. The van der Waals surface area contributed by atoms with Gasteiger partial charge in [-0.15, -0.1) is 0 Å². The molecule has 1 amide bonds. The van der Waals surface area contributed by atoms with Gasteiger partial charge in [0, 0.05) is 48.6 Å². The van der Waals surface area contributed by atoms with Crippen LogP contribution in [0.5, 0.6) is 17.2 Å². The summed E-state index contributed by atoms with van der Waals surface area (Å²) in [4.78, 5) is 25.6. The number of pyridine rings is 1. The summed E-state index contributed by atoms with van der Waals surface area (Å²) in [5.41, 5.74) is 1.61. The number of fused-ring (bicyclic) bond motifs is 4. The highest BCUT2D eigenvalue weighted by molar-refractivity contribution is 7.89. The largest absolute Gasteiger partial charge is 0.490 e. The lowest BCUT2D eigenvalue weighted by Gasteiger charge is -2.42. The van der Waals surface area contributed by atoms with E-state index in [1.54, 1.807) is 41.0 Å². The quantitative estimate of drug-likeness (QED) is 0.383. The Morgan fingerprint density at radius 1 is 0.902 bits per heavy atom. The number of amides is 1. The molecule has 2 aliphatic rings. The first kappa shape index (κ1) is 28.7. The molecule has 218 valence electrons.